The van der Waals surface area contributed by atoms with Crippen molar-refractivity contribution in [3.63, 3.8) is 0 Å². The van der Waals surface area contributed by atoms with Gasteiger partial charge in [-0.2, -0.15) is 4.31 Å². The van der Waals surface area contributed by atoms with Crippen LogP contribution in [0.4, 0.5) is 0 Å². The first kappa shape index (κ1) is 16.5. The molecule has 2 heterocycles. The first-order chi connectivity index (χ1) is 10.4. The van der Waals surface area contributed by atoms with E-state index in [1.807, 2.05) is 7.05 Å². The lowest BCUT2D eigenvalue weighted by Gasteiger charge is -2.29. The second kappa shape index (κ2) is 6.26. The van der Waals surface area contributed by atoms with Crippen LogP contribution in [0.2, 0.25) is 10.0 Å². The van der Waals surface area contributed by atoms with Gasteiger partial charge in [-0.15, -0.1) is 0 Å². The molecule has 122 valence electrons. The molecule has 1 aromatic rings. The Morgan fingerprint density at radius 1 is 1.14 bits per heavy atom. The number of rotatable bonds is 2. The smallest absolute Gasteiger partial charge is 0.243 e. The first-order valence-electron chi connectivity index (χ1n) is 7.11. The average Bonchev–Trinajstić information content (AvgIpc) is 2.70. The standard InChI is InChI=1S/C14H18Cl2N2O3S/c1-17-5-10-6-18(7-11(17)9-21-8-10)22(19,20)12-2-3-13(15)14(16)4-12/h2-4,10-11H,5-9H2,1H3/t10-,11+/m1/s1. The molecule has 2 atom stereocenters. The molecular weight excluding hydrogens is 347 g/mol. The van der Waals surface area contributed by atoms with Gasteiger partial charge in [0, 0.05) is 31.6 Å². The highest BCUT2D eigenvalue weighted by molar-refractivity contribution is 7.89. The molecule has 0 aromatic heterocycles. The number of sulfonamides is 1. The van der Waals surface area contributed by atoms with E-state index in [0.29, 0.717) is 31.3 Å². The van der Waals surface area contributed by atoms with Crippen molar-refractivity contribution in [2.45, 2.75) is 10.9 Å². The molecule has 2 aliphatic rings. The van der Waals surface area contributed by atoms with Crippen LogP contribution in [-0.4, -0.2) is 63.6 Å². The lowest BCUT2D eigenvalue weighted by molar-refractivity contribution is 0.0727. The Hall–Kier alpha value is -0.370. The molecule has 3 rings (SSSR count). The van der Waals surface area contributed by atoms with Crippen molar-refractivity contribution in [3.05, 3.63) is 28.2 Å². The van der Waals surface area contributed by atoms with E-state index in [1.165, 1.54) is 18.2 Å². The molecule has 1 aromatic carbocycles. The summed E-state index contributed by atoms with van der Waals surface area (Å²) in [6, 6.07) is 4.51. The number of likely N-dealkylation sites (N-methyl/N-ethyl adjacent to an activating group) is 1. The van der Waals surface area contributed by atoms with Crippen molar-refractivity contribution >= 4 is 33.2 Å². The van der Waals surface area contributed by atoms with Gasteiger partial charge < -0.3 is 4.74 Å². The van der Waals surface area contributed by atoms with Crippen molar-refractivity contribution in [1.29, 1.82) is 0 Å². The van der Waals surface area contributed by atoms with E-state index in [4.69, 9.17) is 27.9 Å². The Morgan fingerprint density at radius 2 is 1.91 bits per heavy atom. The van der Waals surface area contributed by atoms with Crippen LogP contribution in [0, 0.1) is 5.92 Å². The van der Waals surface area contributed by atoms with Gasteiger partial charge in [0.2, 0.25) is 10.0 Å². The van der Waals surface area contributed by atoms with Crippen molar-refractivity contribution < 1.29 is 13.2 Å². The van der Waals surface area contributed by atoms with Crippen molar-refractivity contribution in [3.8, 4) is 0 Å². The van der Waals surface area contributed by atoms with Crippen LogP contribution in [0.5, 0.6) is 0 Å². The van der Waals surface area contributed by atoms with Gasteiger partial charge in [-0.3, -0.25) is 4.90 Å². The summed E-state index contributed by atoms with van der Waals surface area (Å²) in [6.07, 6.45) is 0. The second-order valence-electron chi connectivity index (χ2n) is 5.89. The molecule has 22 heavy (non-hydrogen) atoms. The Bertz CT molecular complexity index is 668. The molecule has 0 radical (unpaired) electrons. The predicted molar refractivity (Wildman–Crippen MR) is 85.9 cm³/mol. The van der Waals surface area contributed by atoms with Gasteiger partial charge in [-0.1, -0.05) is 23.2 Å². The molecule has 0 saturated carbocycles. The summed E-state index contributed by atoms with van der Waals surface area (Å²) in [5.74, 6) is 0.176. The minimum Gasteiger partial charge on any atom is -0.379 e. The highest BCUT2D eigenvalue weighted by atomic mass is 35.5. The highest BCUT2D eigenvalue weighted by Gasteiger charge is 2.37. The van der Waals surface area contributed by atoms with Crippen molar-refractivity contribution in [2.24, 2.45) is 5.92 Å². The molecule has 0 unspecified atom stereocenters. The molecule has 2 fully saturated rings. The Balaban J connectivity index is 1.93. The monoisotopic (exact) mass is 364 g/mol. The van der Waals surface area contributed by atoms with Gasteiger partial charge in [0.1, 0.15) is 0 Å². The van der Waals surface area contributed by atoms with Crippen LogP contribution in [0.3, 0.4) is 0 Å². The zero-order valence-corrected chi connectivity index (χ0v) is 14.5. The molecule has 2 saturated heterocycles. The third-order valence-corrected chi connectivity index (χ3v) is 6.81. The molecule has 0 aliphatic carbocycles. The third kappa shape index (κ3) is 3.13. The maximum absolute atomic E-state index is 12.9. The van der Waals surface area contributed by atoms with Crippen LogP contribution >= 0.6 is 23.2 Å². The minimum absolute atomic E-state index is 0.0741. The topological polar surface area (TPSA) is 49.9 Å². The SMILES string of the molecule is CN1C[C@H]2COC[C@@H]1CN(S(=O)(=O)c1ccc(Cl)c(Cl)c1)C2. The van der Waals surface area contributed by atoms with Crippen LogP contribution in [0.1, 0.15) is 0 Å². The number of hydrogen-bond donors (Lipinski definition) is 0. The molecule has 8 heteroatoms. The number of hydrogen-bond acceptors (Lipinski definition) is 4. The average molecular weight is 365 g/mol. The maximum atomic E-state index is 12.9. The van der Waals surface area contributed by atoms with Gasteiger partial charge in [0.25, 0.3) is 0 Å². The zero-order valence-electron chi connectivity index (χ0n) is 12.2. The number of fused-ring (bicyclic) bond motifs is 3. The van der Waals surface area contributed by atoms with Gasteiger partial charge in [0.05, 0.1) is 28.2 Å². The summed E-state index contributed by atoms with van der Waals surface area (Å²) in [5, 5.41) is 0.597. The summed E-state index contributed by atoms with van der Waals surface area (Å²) in [5.41, 5.74) is 0. The molecule has 5 nitrogen and oxygen atoms in total. The van der Waals surface area contributed by atoms with E-state index in [9.17, 15) is 8.42 Å². The summed E-state index contributed by atoms with van der Waals surface area (Å²) in [7, 11) is -1.57. The molecule has 2 aliphatic heterocycles. The van der Waals surface area contributed by atoms with Crippen LogP contribution in [0.25, 0.3) is 0 Å². The van der Waals surface area contributed by atoms with Crippen LogP contribution in [0.15, 0.2) is 23.1 Å². The number of nitrogens with zero attached hydrogens (tertiary/aromatic N) is 2. The fraction of sp³-hybridized carbons (Fsp3) is 0.571. The second-order valence-corrected chi connectivity index (χ2v) is 8.65. The van der Waals surface area contributed by atoms with E-state index >= 15 is 0 Å². The molecule has 0 spiro atoms. The lowest BCUT2D eigenvalue weighted by Crippen LogP contribution is -2.44. The van der Waals surface area contributed by atoms with E-state index in [2.05, 4.69) is 4.90 Å². The summed E-state index contributed by atoms with van der Waals surface area (Å²) >= 11 is 11.8. The quantitative estimate of drug-likeness (QED) is 0.804. The lowest BCUT2D eigenvalue weighted by atomic mass is 10.1. The van der Waals surface area contributed by atoms with Gasteiger partial charge in [-0.05, 0) is 25.2 Å². The summed E-state index contributed by atoms with van der Waals surface area (Å²) in [6.45, 7) is 2.88. The van der Waals surface area contributed by atoms with Gasteiger partial charge >= 0.3 is 0 Å². The fourth-order valence-corrected chi connectivity index (χ4v) is 4.93. The van der Waals surface area contributed by atoms with E-state index < -0.39 is 10.0 Å². The minimum atomic E-state index is -3.58. The number of benzene rings is 1. The van der Waals surface area contributed by atoms with E-state index in [-0.39, 0.29) is 21.9 Å². The molecule has 0 amide bonds. The molecule has 0 N–H and O–H groups in total. The number of ether oxygens (including phenoxy) is 1. The molecule has 2 bridgehead atoms. The Morgan fingerprint density at radius 3 is 2.64 bits per heavy atom. The van der Waals surface area contributed by atoms with E-state index in [1.54, 1.807) is 4.31 Å². The highest BCUT2D eigenvalue weighted by Crippen LogP contribution is 2.28. The van der Waals surface area contributed by atoms with E-state index in [0.717, 1.165) is 6.54 Å². The van der Waals surface area contributed by atoms with Crippen molar-refractivity contribution in [1.82, 2.24) is 9.21 Å². The molecular formula is C14H18Cl2N2O3S. The Kier molecular flexibility index (Phi) is 4.69. The number of halogens is 2. The Labute approximate surface area is 140 Å². The fourth-order valence-electron chi connectivity index (χ4n) is 2.99. The van der Waals surface area contributed by atoms with Crippen LogP contribution in [-0.2, 0) is 14.8 Å². The summed E-state index contributed by atoms with van der Waals surface area (Å²) < 4.78 is 33.0. The van der Waals surface area contributed by atoms with Crippen molar-refractivity contribution in [2.75, 3.05) is 39.9 Å². The zero-order chi connectivity index (χ0) is 15.9. The summed E-state index contributed by atoms with van der Waals surface area (Å²) in [4.78, 5) is 2.37. The third-order valence-electron chi connectivity index (χ3n) is 4.24. The van der Waals surface area contributed by atoms with Gasteiger partial charge in [0.15, 0.2) is 0 Å². The normalized spacial score (nSPS) is 27.6. The van der Waals surface area contributed by atoms with Gasteiger partial charge in [-0.25, -0.2) is 8.42 Å². The van der Waals surface area contributed by atoms with Crippen LogP contribution < -0.4 is 0 Å². The first-order valence-corrected chi connectivity index (χ1v) is 9.30. The predicted octanol–water partition coefficient (Wildman–Crippen LogP) is 1.94. The largest absolute Gasteiger partial charge is 0.379 e. The maximum Gasteiger partial charge on any atom is 0.243 e.